The van der Waals surface area contributed by atoms with Gasteiger partial charge in [0.25, 0.3) is 0 Å². The Kier molecular flexibility index (Phi) is 4.68. The molecule has 1 heteroatoms. The van der Waals surface area contributed by atoms with Crippen molar-refractivity contribution >= 4 is 18.4 Å². The number of hydrogen-bond donors (Lipinski definition) is 0. The van der Waals surface area contributed by atoms with Gasteiger partial charge in [-0.2, -0.15) is 0 Å². The number of hydrogen-bond acceptors (Lipinski definition) is 0. The lowest BCUT2D eigenvalue weighted by atomic mass is 9.97. The third kappa shape index (κ3) is 2.86. The van der Waals surface area contributed by atoms with Crippen LogP contribution >= 0.6 is 0 Å². The average Bonchev–Trinajstić information content (AvgIpc) is 3.12. The molecule has 0 amide bonds. The molecule has 118 valence electrons. The zero-order valence-electron chi connectivity index (χ0n) is 14.4. The van der Waals surface area contributed by atoms with Gasteiger partial charge in [-0.15, -0.1) is 0 Å². The number of rotatable bonds is 5. The van der Waals surface area contributed by atoms with Gasteiger partial charge in [0, 0.05) is 5.54 Å². The van der Waals surface area contributed by atoms with Crippen LogP contribution in [0.1, 0.15) is 20.3 Å². The largest absolute Gasteiger partial charge is 0.125 e. The van der Waals surface area contributed by atoms with E-state index in [2.05, 4.69) is 99.3 Å². The van der Waals surface area contributed by atoms with Crippen LogP contribution in [0.25, 0.3) is 0 Å². The topological polar surface area (TPSA) is 0 Å². The molecule has 2 aromatic rings. The van der Waals surface area contributed by atoms with Gasteiger partial charge in [0.1, 0.15) is 8.07 Å². The van der Waals surface area contributed by atoms with E-state index in [0.717, 1.165) is 0 Å². The summed E-state index contributed by atoms with van der Waals surface area (Å²) in [6.45, 7) is 7.20. The maximum absolute atomic E-state index is 2.54. The van der Waals surface area contributed by atoms with Crippen LogP contribution in [-0.2, 0) is 0 Å². The average molecular weight is 319 g/mol. The summed E-state index contributed by atoms with van der Waals surface area (Å²) in [5.41, 5.74) is 2.18. The maximum Gasteiger partial charge on any atom is 0.125 e. The minimum Gasteiger partial charge on any atom is -0.0794 e. The van der Waals surface area contributed by atoms with Gasteiger partial charge >= 0.3 is 0 Å². The van der Waals surface area contributed by atoms with Crippen LogP contribution in [0.15, 0.2) is 84.5 Å². The molecule has 2 aromatic carbocycles. The second-order valence-electron chi connectivity index (χ2n) is 6.77. The van der Waals surface area contributed by atoms with E-state index in [4.69, 9.17) is 0 Å². The Hall–Kier alpha value is -1.86. The summed E-state index contributed by atoms with van der Waals surface area (Å²) < 4.78 is 0. The highest BCUT2D eigenvalue weighted by Crippen LogP contribution is 2.39. The predicted molar refractivity (Wildman–Crippen MR) is 104 cm³/mol. The second-order valence-corrected chi connectivity index (χ2v) is 11.0. The van der Waals surface area contributed by atoms with Crippen LogP contribution in [0.2, 0.25) is 12.1 Å². The Morgan fingerprint density at radius 1 is 0.913 bits per heavy atom. The fourth-order valence-electron chi connectivity index (χ4n) is 3.82. The maximum atomic E-state index is 2.54. The molecule has 0 radical (unpaired) electrons. The van der Waals surface area contributed by atoms with Crippen LogP contribution in [-0.4, -0.2) is 8.07 Å². The van der Waals surface area contributed by atoms with Gasteiger partial charge in [0.15, 0.2) is 0 Å². The van der Waals surface area contributed by atoms with Crippen molar-refractivity contribution in [2.45, 2.75) is 32.4 Å². The van der Waals surface area contributed by atoms with Gasteiger partial charge in [-0.05, 0) is 12.3 Å². The van der Waals surface area contributed by atoms with E-state index >= 15 is 0 Å². The molecule has 23 heavy (non-hydrogen) atoms. The Balaban J connectivity index is 2.14. The number of allylic oxidation sites excluding steroid dienone is 4. The van der Waals surface area contributed by atoms with E-state index in [0.29, 0.717) is 11.5 Å². The summed E-state index contributed by atoms with van der Waals surface area (Å²) in [7, 11) is -1.87. The summed E-state index contributed by atoms with van der Waals surface area (Å²) in [4.78, 5) is 0. The molecule has 0 saturated carbocycles. The SMILES string of the molecule is CCC(C)C1=CC=CC1[Si](C)(c1ccccc1)c1ccccc1. The Labute approximate surface area is 141 Å². The van der Waals surface area contributed by atoms with Gasteiger partial charge in [-0.3, -0.25) is 0 Å². The molecule has 1 aliphatic carbocycles. The first kappa shape index (κ1) is 16.0. The van der Waals surface area contributed by atoms with Gasteiger partial charge in [-0.25, -0.2) is 0 Å². The first-order valence-corrected chi connectivity index (χ1v) is 11.2. The number of benzene rings is 2. The van der Waals surface area contributed by atoms with Gasteiger partial charge in [0.05, 0.1) is 0 Å². The summed E-state index contributed by atoms with van der Waals surface area (Å²) in [6, 6.07) is 22.3. The summed E-state index contributed by atoms with van der Waals surface area (Å²) in [6.07, 6.45) is 8.31. The molecule has 3 rings (SSSR count). The highest BCUT2D eigenvalue weighted by atomic mass is 28.3. The molecular formula is C22H26Si. The van der Waals surface area contributed by atoms with Crippen molar-refractivity contribution in [1.82, 2.24) is 0 Å². The standard InChI is InChI=1S/C22H26Si/c1-4-18(2)21-16-11-17-22(21)23(3,19-12-7-5-8-13-19)20-14-9-6-10-15-20/h5-18,22H,4H2,1-3H3. The molecular weight excluding hydrogens is 292 g/mol. The van der Waals surface area contributed by atoms with Crippen LogP contribution < -0.4 is 10.4 Å². The lowest BCUT2D eigenvalue weighted by molar-refractivity contribution is 0.643. The van der Waals surface area contributed by atoms with Crippen LogP contribution in [0.3, 0.4) is 0 Å². The molecule has 1 aliphatic rings. The molecule has 0 aliphatic heterocycles. The highest BCUT2D eigenvalue weighted by Gasteiger charge is 2.42. The lowest BCUT2D eigenvalue weighted by Crippen LogP contribution is -2.59. The van der Waals surface area contributed by atoms with Gasteiger partial charge in [-0.1, -0.05) is 115 Å². The van der Waals surface area contributed by atoms with E-state index in [-0.39, 0.29) is 0 Å². The van der Waals surface area contributed by atoms with Crippen LogP contribution in [0.4, 0.5) is 0 Å². The Morgan fingerprint density at radius 3 is 1.91 bits per heavy atom. The van der Waals surface area contributed by atoms with Gasteiger partial charge < -0.3 is 0 Å². The first-order valence-electron chi connectivity index (χ1n) is 8.67. The molecule has 0 nitrogen and oxygen atoms in total. The van der Waals surface area contributed by atoms with Crippen molar-refractivity contribution in [2.75, 3.05) is 0 Å². The molecule has 0 spiro atoms. The minimum atomic E-state index is -1.87. The summed E-state index contributed by atoms with van der Waals surface area (Å²) in [5, 5.41) is 3.05. The minimum absolute atomic E-state index is 0.558. The normalized spacial score (nSPS) is 18.7. The van der Waals surface area contributed by atoms with Crippen LogP contribution in [0.5, 0.6) is 0 Å². The van der Waals surface area contributed by atoms with Crippen molar-refractivity contribution in [3.05, 3.63) is 84.5 Å². The summed E-state index contributed by atoms with van der Waals surface area (Å²) >= 11 is 0. The molecule has 0 bridgehead atoms. The van der Waals surface area contributed by atoms with Crippen molar-refractivity contribution in [3.63, 3.8) is 0 Å². The van der Waals surface area contributed by atoms with Crippen molar-refractivity contribution in [1.29, 1.82) is 0 Å². The van der Waals surface area contributed by atoms with Crippen molar-refractivity contribution < 1.29 is 0 Å². The monoisotopic (exact) mass is 318 g/mol. The van der Waals surface area contributed by atoms with E-state index in [1.54, 1.807) is 5.57 Å². The van der Waals surface area contributed by atoms with Crippen molar-refractivity contribution in [3.8, 4) is 0 Å². The quantitative estimate of drug-likeness (QED) is 0.695. The van der Waals surface area contributed by atoms with Crippen molar-refractivity contribution in [2.24, 2.45) is 5.92 Å². The summed E-state index contributed by atoms with van der Waals surface area (Å²) in [5.74, 6) is 0.647. The molecule has 0 heterocycles. The molecule has 0 aromatic heterocycles. The lowest BCUT2D eigenvalue weighted by Gasteiger charge is -2.37. The fraction of sp³-hybridized carbons (Fsp3) is 0.273. The first-order chi connectivity index (χ1) is 11.2. The smallest absolute Gasteiger partial charge is 0.0794 e. The predicted octanol–water partition coefficient (Wildman–Crippen LogP) is 4.79. The Bertz CT molecular complexity index is 658. The second kappa shape index (κ2) is 6.72. The Morgan fingerprint density at radius 2 is 1.43 bits per heavy atom. The van der Waals surface area contributed by atoms with E-state index < -0.39 is 8.07 Å². The third-order valence-corrected chi connectivity index (χ3v) is 10.3. The molecule has 2 atom stereocenters. The zero-order valence-corrected chi connectivity index (χ0v) is 15.4. The van der Waals surface area contributed by atoms with E-state index in [1.165, 1.54) is 16.8 Å². The molecule has 0 N–H and O–H groups in total. The highest BCUT2D eigenvalue weighted by molar-refractivity contribution is 7.03. The zero-order chi connectivity index (χ0) is 16.3. The van der Waals surface area contributed by atoms with Crippen LogP contribution in [0, 0.1) is 5.92 Å². The van der Waals surface area contributed by atoms with Gasteiger partial charge in [0.2, 0.25) is 0 Å². The van der Waals surface area contributed by atoms with E-state index in [9.17, 15) is 0 Å². The molecule has 0 saturated heterocycles. The molecule has 0 fully saturated rings. The third-order valence-electron chi connectivity index (χ3n) is 5.50. The van der Waals surface area contributed by atoms with E-state index in [1.807, 2.05) is 0 Å². The molecule has 2 unspecified atom stereocenters. The fourth-order valence-corrected chi connectivity index (χ4v) is 8.18.